The summed E-state index contributed by atoms with van der Waals surface area (Å²) in [5, 5.41) is 25.3. The van der Waals surface area contributed by atoms with Gasteiger partial charge in [0.2, 0.25) is 0 Å². The van der Waals surface area contributed by atoms with Gasteiger partial charge in [0.1, 0.15) is 16.7 Å². The highest BCUT2D eigenvalue weighted by molar-refractivity contribution is 6.32. The van der Waals surface area contributed by atoms with Gasteiger partial charge in [-0.1, -0.05) is 24.9 Å². The monoisotopic (exact) mass is 380 g/mol. The van der Waals surface area contributed by atoms with Crippen LogP contribution >= 0.6 is 11.6 Å². The number of carbonyl (C=O) groups is 1. The van der Waals surface area contributed by atoms with E-state index in [1.807, 2.05) is 0 Å². The third-order valence-electron chi connectivity index (χ3n) is 3.28. The molecule has 0 radical (unpaired) electrons. The molecule has 0 aliphatic rings. The van der Waals surface area contributed by atoms with E-state index in [4.69, 9.17) is 21.6 Å². The lowest BCUT2D eigenvalue weighted by Crippen LogP contribution is -2.26. The van der Waals surface area contributed by atoms with E-state index in [2.05, 4.69) is 17.6 Å². The van der Waals surface area contributed by atoms with Crippen LogP contribution in [0.3, 0.4) is 0 Å². The second-order valence-corrected chi connectivity index (χ2v) is 5.72. The first-order chi connectivity index (χ1) is 12.5. The number of rotatable bonds is 11. The quantitative estimate of drug-likeness (QED) is 0.200. The van der Waals surface area contributed by atoms with Gasteiger partial charge in [0.05, 0.1) is 4.92 Å². The lowest BCUT2D eigenvalue weighted by molar-refractivity contribution is -0.384. The van der Waals surface area contributed by atoms with E-state index < -0.39 is 10.8 Å². The summed E-state index contributed by atoms with van der Waals surface area (Å²) in [7, 11) is 0. The van der Waals surface area contributed by atoms with Crippen molar-refractivity contribution in [1.29, 1.82) is 5.26 Å². The van der Waals surface area contributed by atoms with Gasteiger partial charge in [-0.05, 0) is 25.0 Å². The zero-order chi connectivity index (χ0) is 19.4. The molecule has 8 nitrogen and oxygen atoms in total. The van der Waals surface area contributed by atoms with E-state index in [0.29, 0.717) is 31.9 Å². The summed E-state index contributed by atoms with van der Waals surface area (Å²) in [5.41, 5.74) is -0.0726. The Morgan fingerprint density at radius 1 is 1.42 bits per heavy atom. The fourth-order valence-corrected chi connectivity index (χ4v) is 2.05. The van der Waals surface area contributed by atoms with Crippen LogP contribution in [0.1, 0.15) is 26.2 Å². The molecule has 1 rings (SSSR count). The van der Waals surface area contributed by atoms with Crippen LogP contribution in [0.2, 0.25) is 5.02 Å². The molecule has 140 valence electrons. The number of nitrogens with one attached hydrogen (secondary N) is 2. The summed E-state index contributed by atoms with van der Waals surface area (Å²) < 4.78 is 5.38. The van der Waals surface area contributed by atoms with Gasteiger partial charge in [-0.2, -0.15) is 5.26 Å². The molecule has 1 aromatic carbocycles. The minimum absolute atomic E-state index is 0.00364. The Labute approximate surface area is 156 Å². The molecule has 0 unspecified atom stereocenters. The number of halogens is 1. The summed E-state index contributed by atoms with van der Waals surface area (Å²) in [6.45, 7) is 3.70. The third kappa shape index (κ3) is 7.51. The topological polar surface area (TPSA) is 117 Å². The van der Waals surface area contributed by atoms with Crippen LogP contribution in [-0.2, 0) is 9.53 Å². The Morgan fingerprint density at radius 3 is 2.81 bits per heavy atom. The third-order valence-corrected chi connectivity index (χ3v) is 3.60. The first kappa shape index (κ1) is 21.4. The van der Waals surface area contributed by atoms with Crippen molar-refractivity contribution < 1.29 is 14.5 Å². The standard InChI is InChI=1S/C17H21ClN4O4/c1-2-3-8-26-9-4-7-20-17(23)13(11-19)12-21-14-5-6-15(18)16(10-14)22(24)25/h5-6,10,12,21H,2-4,7-9H2,1H3,(H,20,23)/b13-12-. The number of nitrogens with zero attached hydrogens (tertiary/aromatic N) is 2. The Kier molecular flexibility index (Phi) is 9.75. The van der Waals surface area contributed by atoms with Crippen molar-refractivity contribution in [1.82, 2.24) is 5.32 Å². The maximum Gasteiger partial charge on any atom is 0.289 e. The number of nitro groups is 1. The largest absolute Gasteiger partial charge is 0.381 e. The van der Waals surface area contributed by atoms with Crippen molar-refractivity contribution in [3.05, 3.63) is 45.1 Å². The summed E-state index contributed by atoms with van der Waals surface area (Å²) >= 11 is 5.73. The van der Waals surface area contributed by atoms with Gasteiger partial charge < -0.3 is 15.4 Å². The number of benzene rings is 1. The van der Waals surface area contributed by atoms with Crippen LogP contribution in [0.5, 0.6) is 0 Å². The second kappa shape index (κ2) is 11.8. The zero-order valence-corrected chi connectivity index (χ0v) is 15.2. The molecule has 9 heteroatoms. The number of amides is 1. The van der Waals surface area contributed by atoms with E-state index >= 15 is 0 Å². The number of hydrogen-bond acceptors (Lipinski definition) is 6. The van der Waals surface area contributed by atoms with Crippen LogP contribution in [0.4, 0.5) is 11.4 Å². The number of carbonyl (C=O) groups excluding carboxylic acids is 1. The number of anilines is 1. The van der Waals surface area contributed by atoms with Gasteiger partial charge in [-0.3, -0.25) is 14.9 Å². The number of nitriles is 1. The Hall–Kier alpha value is -2.63. The molecule has 0 saturated carbocycles. The molecule has 1 amide bonds. The molecule has 0 aliphatic heterocycles. The molecular formula is C17H21ClN4O4. The summed E-state index contributed by atoms with van der Waals surface area (Å²) in [4.78, 5) is 22.2. The van der Waals surface area contributed by atoms with Crippen LogP contribution in [0, 0.1) is 21.4 Å². The van der Waals surface area contributed by atoms with Gasteiger partial charge >= 0.3 is 0 Å². The average Bonchev–Trinajstić information content (AvgIpc) is 2.62. The van der Waals surface area contributed by atoms with Crippen molar-refractivity contribution in [3.8, 4) is 6.07 Å². The fraction of sp³-hybridized carbons (Fsp3) is 0.412. The fourth-order valence-electron chi connectivity index (χ4n) is 1.87. The number of unbranched alkanes of at least 4 members (excludes halogenated alkanes) is 1. The molecule has 0 saturated heterocycles. The van der Waals surface area contributed by atoms with E-state index in [0.717, 1.165) is 12.8 Å². The highest BCUT2D eigenvalue weighted by Gasteiger charge is 2.13. The van der Waals surface area contributed by atoms with E-state index in [-0.39, 0.29) is 16.3 Å². The minimum atomic E-state index is -0.613. The summed E-state index contributed by atoms with van der Waals surface area (Å²) in [5.74, 6) is -0.531. The molecule has 0 atom stereocenters. The maximum atomic E-state index is 11.9. The molecule has 0 aliphatic carbocycles. The van der Waals surface area contributed by atoms with Gasteiger partial charge in [0.25, 0.3) is 11.6 Å². The highest BCUT2D eigenvalue weighted by Crippen LogP contribution is 2.27. The predicted molar refractivity (Wildman–Crippen MR) is 98.8 cm³/mol. The molecule has 0 fully saturated rings. The number of nitro benzene ring substituents is 1. The van der Waals surface area contributed by atoms with Crippen LogP contribution in [0.25, 0.3) is 0 Å². The van der Waals surface area contributed by atoms with Gasteiger partial charge in [-0.15, -0.1) is 0 Å². The second-order valence-electron chi connectivity index (χ2n) is 5.31. The lowest BCUT2D eigenvalue weighted by atomic mass is 10.2. The van der Waals surface area contributed by atoms with Gasteiger partial charge in [0.15, 0.2) is 0 Å². The lowest BCUT2D eigenvalue weighted by Gasteiger charge is -2.06. The van der Waals surface area contributed by atoms with E-state index in [9.17, 15) is 14.9 Å². The summed E-state index contributed by atoms with van der Waals surface area (Å²) in [6, 6.07) is 5.87. The normalized spacial score (nSPS) is 10.9. The number of ether oxygens (including phenoxy) is 1. The van der Waals surface area contributed by atoms with Crippen molar-refractivity contribution in [2.45, 2.75) is 26.2 Å². The van der Waals surface area contributed by atoms with E-state index in [1.54, 1.807) is 6.07 Å². The van der Waals surface area contributed by atoms with Crippen molar-refractivity contribution in [2.24, 2.45) is 0 Å². The molecule has 2 N–H and O–H groups in total. The zero-order valence-electron chi connectivity index (χ0n) is 14.5. The molecule has 26 heavy (non-hydrogen) atoms. The predicted octanol–water partition coefficient (Wildman–Crippen LogP) is 3.39. The molecule has 1 aromatic rings. The highest BCUT2D eigenvalue weighted by atomic mass is 35.5. The van der Waals surface area contributed by atoms with Gasteiger partial charge in [0, 0.05) is 37.7 Å². The Morgan fingerprint density at radius 2 is 2.15 bits per heavy atom. The van der Waals surface area contributed by atoms with Crippen LogP contribution < -0.4 is 10.6 Å². The Bertz CT molecular complexity index is 700. The number of hydrogen-bond donors (Lipinski definition) is 2. The molecule has 0 aromatic heterocycles. The first-order valence-corrected chi connectivity index (χ1v) is 8.54. The molecular weight excluding hydrogens is 360 g/mol. The van der Waals surface area contributed by atoms with Crippen molar-refractivity contribution in [2.75, 3.05) is 25.1 Å². The first-order valence-electron chi connectivity index (χ1n) is 8.16. The summed E-state index contributed by atoms with van der Waals surface area (Å²) in [6.07, 6.45) is 3.91. The SMILES string of the molecule is CCCCOCCCNC(=O)/C(C#N)=C\Nc1ccc(Cl)c([N+](=O)[O-])c1. The molecule has 0 bridgehead atoms. The van der Waals surface area contributed by atoms with Crippen LogP contribution in [-0.4, -0.2) is 30.6 Å². The van der Waals surface area contributed by atoms with Crippen LogP contribution in [0.15, 0.2) is 30.0 Å². The smallest absolute Gasteiger partial charge is 0.289 e. The van der Waals surface area contributed by atoms with Crippen molar-refractivity contribution >= 4 is 28.9 Å². The minimum Gasteiger partial charge on any atom is -0.381 e. The molecule has 0 heterocycles. The van der Waals surface area contributed by atoms with Gasteiger partial charge in [-0.25, -0.2) is 0 Å². The maximum absolute atomic E-state index is 11.9. The van der Waals surface area contributed by atoms with E-state index in [1.165, 1.54) is 24.4 Å². The van der Waals surface area contributed by atoms with Crippen molar-refractivity contribution in [3.63, 3.8) is 0 Å². The average molecular weight is 381 g/mol. The Balaban J connectivity index is 2.52. The molecule has 0 spiro atoms.